The zero-order valence-electron chi connectivity index (χ0n) is 14.4. The quantitative estimate of drug-likeness (QED) is 0.903. The fourth-order valence-electron chi connectivity index (χ4n) is 3.63. The molecule has 1 N–H and O–H groups in total. The second-order valence-corrected chi connectivity index (χ2v) is 6.64. The van der Waals surface area contributed by atoms with Crippen molar-refractivity contribution >= 4 is 12.4 Å². The van der Waals surface area contributed by atoms with Gasteiger partial charge in [-0.1, -0.05) is 35.5 Å². The van der Waals surface area contributed by atoms with Crippen molar-refractivity contribution in [2.24, 2.45) is 0 Å². The van der Waals surface area contributed by atoms with Crippen LogP contribution in [0.2, 0.25) is 0 Å². The van der Waals surface area contributed by atoms with Crippen molar-refractivity contribution in [2.45, 2.75) is 30.9 Å². The lowest BCUT2D eigenvalue weighted by molar-refractivity contribution is -0.0103. The number of ether oxygens (including phenoxy) is 1. The van der Waals surface area contributed by atoms with Gasteiger partial charge in [0.15, 0.2) is 5.82 Å². The molecule has 2 aliphatic rings. The van der Waals surface area contributed by atoms with Crippen molar-refractivity contribution in [2.75, 3.05) is 33.3 Å². The highest BCUT2D eigenvalue weighted by Gasteiger charge is 2.34. The molecule has 3 unspecified atom stereocenters. The van der Waals surface area contributed by atoms with Crippen LogP contribution in [-0.4, -0.2) is 48.3 Å². The fourth-order valence-corrected chi connectivity index (χ4v) is 3.63. The molecule has 0 aliphatic carbocycles. The van der Waals surface area contributed by atoms with Gasteiger partial charge in [-0.3, -0.25) is 4.90 Å². The molecule has 1 aromatic heterocycles. The predicted molar refractivity (Wildman–Crippen MR) is 96.9 cm³/mol. The van der Waals surface area contributed by atoms with Crippen LogP contribution < -0.4 is 5.32 Å². The molecule has 136 valence electrons. The Morgan fingerprint density at radius 3 is 2.88 bits per heavy atom. The normalized spacial score (nSPS) is 27.6. The van der Waals surface area contributed by atoms with Crippen molar-refractivity contribution in [1.82, 2.24) is 20.4 Å². The molecule has 3 atom stereocenters. The summed E-state index contributed by atoms with van der Waals surface area (Å²) in [5, 5.41) is 7.67. The number of halogens is 1. The maximum absolute atomic E-state index is 6.06. The summed E-state index contributed by atoms with van der Waals surface area (Å²) >= 11 is 0. The van der Waals surface area contributed by atoms with E-state index in [2.05, 4.69) is 34.6 Å². The average molecular weight is 365 g/mol. The van der Waals surface area contributed by atoms with E-state index in [1.54, 1.807) is 0 Å². The van der Waals surface area contributed by atoms with E-state index < -0.39 is 0 Å². The highest BCUT2D eigenvalue weighted by molar-refractivity contribution is 5.85. The van der Waals surface area contributed by atoms with Crippen LogP contribution in [0.5, 0.6) is 0 Å². The van der Waals surface area contributed by atoms with Gasteiger partial charge in [-0.05, 0) is 25.5 Å². The van der Waals surface area contributed by atoms with Crippen LogP contribution in [0.4, 0.5) is 0 Å². The van der Waals surface area contributed by atoms with Gasteiger partial charge in [0, 0.05) is 26.2 Å². The van der Waals surface area contributed by atoms with Crippen LogP contribution in [0, 0.1) is 0 Å². The lowest BCUT2D eigenvalue weighted by Crippen LogP contribution is -2.44. The number of hydrogen-bond acceptors (Lipinski definition) is 6. The first kappa shape index (κ1) is 18.3. The summed E-state index contributed by atoms with van der Waals surface area (Å²) in [7, 11) is 2.11. The minimum Gasteiger partial charge on any atom is -0.373 e. The molecule has 2 aromatic rings. The third-order valence-electron chi connectivity index (χ3n) is 5.03. The molecule has 2 aliphatic heterocycles. The van der Waals surface area contributed by atoms with E-state index in [9.17, 15) is 0 Å². The summed E-state index contributed by atoms with van der Waals surface area (Å²) in [5.41, 5.74) is 1.18. The van der Waals surface area contributed by atoms with E-state index in [1.165, 1.54) is 5.56 Å². The smallest absolute Gasteiger partial charge is 0.232 e. The highest BCUT2D eigenvalue weighted by atomic mass is 35.5. The number of hydrogen-bond donors (Lipinski definition) is 1. The molecule has 25 heavy (non-hydrogen) atoms. The number of likely N-dealkylation sites (N-methyl/N-ethyl adjacent to an activating group) is 1. The fraction of sp³-hybridized carbons (Fsp3) is 0.556. The van der Waals surface area contributed by atoms with Crippen LogP contribution in [-0.2, 0) is 4.74 Å². The Balaban J connectivity index is 0.00000182. The third kappa shape index (κ3) is 3.87. The van der Waals surface area contributed by atoms with Crippen LogP contribution >= 0.6 is 12.4 Å². The summed E-state index contributed by atoms with van der Waals surface area (Å²) in [6.07, 6.45) is 2.03. The largest absolute Gasteiger partial charge is 0.373 e. The molecule has 0 saturated carbocycles. The van der Waals surface area contributed by atoms with Crippen LogP contribution in [0.15, 0.2) is 34.9 Å². The van der Waals surface area contributed by atoms with Crippen molar-refractivity contribution < 1.29 is 9.26 Å². The Morgan fingerprint density at radius 2 is 2.08 bits per heavy atom. The minimum atomic E-state index is -0.00420. The first-order valence-corrected chi connectivity index (χ1v) is 8.74. The molecule has 0 radical (unpaired) electrons. The van der Waals surface area contributed by atoms with E-state index in [0.29, 0.717) is 5.89 Å². The molecule has 7 heteroatoms. The molecular weight excluding hydrogens is 340 g/mol. The average Bonchev–Trinajstić information content (AvgIpc) is 3.12. The Hall–Kier alpha value is -1.47. The molecule has 1 aromatic carbocycles. The van der Waals surface area contributed by atoms with Gasteiger partial charge >= 0.3 is 0 Å². The number of nitrogens with one attached hydrogen (secondary N) is 1. The zero-order valence-corrected chi connectivity index (χ0v) is 15.2. The number of aromatic nitrogens is 2. The molecule has 4 rings (SSSR count). The van der Waals surface area contributed by atoms with Crippen molar-refractivity contribution in [3.63, 3.8) is 0 Å². The Kier molecular flexibility index (Phi) is 6.06. The molecule has 0 amide bonds. The van der Waals surface area contributed by atoms with Gasteiger partial charge < -0.3 is 14.6 Å². The van der Waals surface area contributed by atoms with E-state index in [-0.39, 0.29) is 30.5 Å². The van der Waals surface area contributed by atoms with E-state index in [0.717, 1.165) is 44.9 Å². The first-order valence-electron chi connectivity index (χ1n) is 8.74. The minimum absolute atomic E-state index is 0. The number of benzene rings is 1. The van der Waals surface area contributed by atoms with Gasteiger partial charge in [0.25, 0.3) is 0 Å². The van der Waals surface area contributed by atoms with Crippen molar-refractivity contribution in [1.29, 1.82) is 0 Å². The van der Waals surface area contributed by atoms with Gasteiger partial charge in [0.2, 0.25) is 5.89 Å². The topological polar surface area (TPSA) is 63.4 Å². The van der Waals surface area contributed by atoms with Crippen LogP contribution in [0.1, 0.15) is 48.2 Å². The number of piperazine rings is 1. The van der Waals surface area contributed by atoms with E-state index >= 15 is 0 Å². The van der Waals surface area contributed by atoms with E-state index in [1.807, 2.05) is 18.2 Å². The Morgan fingerprint density at radius 1 is 1.24 bits per heavy atom. The molecular formula is C18H25ClN4O2. The zero-order chi connectivity index (χ0) is 16.4. The third-order valence-corrected chi connectivity index (χ3v) is 5.03. The van der Waals surface area contributed by atoms with Gasteiger partial charge in [-0.25, -0.2) is 0 Å². The standard InChI is InChI=1S/C18H24N4O2.ClH/c1-22-10-9-19-12-15(22)17-20-18(24-21-17)14-8-5-11-23-16(14)13-6-3-2-4-7-13;/h2-4,6-7,14-16,19H,5,8-12H2,1H3;1H. The SMILES string of the molecule is CN1CCNCC1c1noc(C2CCCOC2c2ccccc2)n1.Cl. The second-order valence-electron chi connectivity index (χ2n) is 6.64. The number of nitrogens with zero attached hydrogens (tertiary/aromatic N) is 3. The van der Waals surface area contributed by atoms with Crippen molar-refractivity contribution in [3.8, 4) is 0 Å². The van der Waals surface area contributed by atoms with Crippen LogP contribution in [0.25, 0.3) is 0 Å². The summed E-state index contributed by atoms with van der Waals surface area (Å²) in [4.78, 5) is 7.02. The monoisotopic (exact) mass is 364 g/mol. The lowest BCUT2D eigenvalue weighted by atomic mass is 9.89. The summed E-state index contributed by atoms with van der Waals surface area (Å²) in [6, 6.07) is 10.5. The summed E-state index contributed by atoms with van der Waals surface area (Å²) in [6.45, 7) is 3.64. The maximum atomic E-state index is 6.06. The Bertz CT molecular complexity index is 666. The van der Waals surface area contributed by atoms with Crippen molar-refractivity contribution in [3.05, 3.63) is 47.6 Å². The second kappa shape index (κ2) is 8.27. The van der Waals surface area contributed by atoms with Gasteiger partial charge in [-0.2, -0.15) is 4.98 Å². The molecule has 6 nitrogen and oxygen atoms in total. The van der Waals surface area contributed by atoms with E-state index in [4.69, 9.17) is 14.2 Å². The molecule has 2 fully saturated rings. The van der Waals surface area contributed by atoms with Gasteiger partial charge in [-0.15, -0.1) is 12.4 Å². The number of rotatable bonds is 3. The molecule has 0 spiro atoms. The molecule has 3 heterocycles. The lowest BCUT2D eigenvalue weighted by Gasteiger charge is -2.31. The maximum Gasteiger partial charge on any atom is 0.232 e. The Labute approximate surface area is 154 Å². The molecule has 0 bridgehead atoms. The summed E-state index contributed by atoms with van der Waals surface area (Å²) < 4.78 is 11.7. The van der Waals surface area contributed by atoms with Gasteiger partial charge in [0.05, 0.1) is 18.1 Å². The van der Waals surface area contributed by atoms with Crippen LogP contribution in [0.3, 0.4) is 0 Å². The molecule has 2 saturated heterocycles. The summed E-state index contributed by atoms with van der Waals surface area (Å²) in [5.74, 6) is 1.61. The van der Waals surface area contributed by atoms with Gasteiger partial charge in [0.1, 0.15) is 0 Å². The highest BCUT2D eigenvalue weighted by Crippen LogP contribution is 2.40. The predicted octanol–water partition coefficient (Wildman–Crippen LogP) is 2.70. The first-order chi connectivity index (χ1) is 11.8.